The molecule has 0 saturated carbocycles. The normalized spacial score (nSPS) is 16.8. The van der Waals surface area contributed by atoms with Crippen molar-refractivity contribution in [3.8, 4) is 6.07 Å². The summed E-state index contributed by atoms with van der Waals surface area (Å²) < 4.78 is 5.30. The van der Waals surface area contributed by atoms with E-state index in [-0.39, 0.29) is 13.0 Å². The van der Waals surface area contributed by atoms with Crippen LogP contribution in [0.1, 0.15) is 44.1 Å². The Morgan fingerprint density at radius 1 is 1.29 bits per heavy atom. The van der Waals surface area contributed by atoms with Crippen molar-refractivity contribution in [2.75, 3.05) is 6.54 Å². The number of hydrogen-bond donors (Lipinski definition) is 2. The molecule has 1 aliphatic rings. The molecule has 2 atom stereocenters. The topological polar surface area (TPSA) is 120 Å². The fourth-order valence-corrected chi connectivity index (χ4v) is 3.14. The Morgan fingerprint density at radius 3 is 2.71 bits per heavy atom. The van der Waals surface area contributed by atoms with Crippen LogP contribution in [0.5, 0.6) is 0 Å². The van der Waals surface area contributed by atoms with Gasteiger partial charge in [-0.05, 0) is 37.7 Å². The summed E-state index contributed by atoms with van der Waals surface area (Å²) in [6, 6.07) is 9.47. The minimum atomic E-state index is -1.12. The van der Waals surface area contributed by atoms with Crippen LogP contribution in [0.25, 0.3) is 0 Å². The highest BCUT2D eigenvalue weighted by molar-refractivity contribution is 5.89. The van der Waals surface area contributed by atoms with Gasteiger partial charge in [-0.2, -0.15) is 5.26 Å². The number of hydrogen-bond acceptors (Lipinski definition) is 5. The Hall–Kier alpha value is -3.08. The van der Waals surface area contributed by atoms with E-state index in [0.717, 1.165) is 5.56 Å². The molecule has 0 unspecified atom stereocenters. The molecule has 0 radical (unpaired) electrons. The SMILES string of the molecule is N#CCCCC[C@@H](NC(=O)[C@H]1CCCN1C(=O)OCc1ccccc1)C(=O)O. The predicted octanol–water partition coefficient (Wildman–Crippen LogP) is 2.44. The molecule has 1 saturated heterocycles. The monoisotopic (exact) mass is 387 g/mol. The molecule has 0 bridgehead atoms. The maximum atomic E-state index is 12.6. The molecule has 1 aromatic rings. The van der Waals surface area contributed by atoms with Gasteiger partial charge in [-0.3, -0.25) is 9.69 Å². The maximum absolute atomic E-state index is 12.6. The third kappa shape index (κ3) is 6.27. The Labute approximate surface area is 164 Å². The number of nitrogens with one attached hydrogen (secondary N) is 1. The number of benzene rings is 1. The van der Waals surface area contributed by atoms with Crippen LogP contribution in [0.4, 0.5) is 4.79 Å². The second-order valence-electron chi connectivity index (χ2n) is 6.69. The molecule has 0 spiro atoms. The highest BCUT2D eigenvalue weighted by Gasteiger charge is 2.36. The van der Waals surface area contributed by atoms with Crippen molar-refractivity contribution in [1.29, 1.82) is 5.26 Å². The predicted molar refractivity (Wildman–Crippen MR) is 100 cm³/mol. The molecule has 0 aliphatic carbocycles. The fourth-order valence-electron chi connectivity index (χ4n) is 3.14. The zero-order valence-electron chi connectivity index (χ0n) is 15.7. The summed E-state index contributed by atoms with van der Waals surface area (Å²) in [5.41, 5.74) is 0.847. The van der Waals surface area contributed by atoms with Gasteiger partial charge in [-0.15, -0.1) is 0 Å². The first-order valence-corrected chi connectivity index (χ1v) is 9.40. The summed E-state index contributed by atoms with van der Waals surface area (Å²) in [6.07, 6.45) is 2.24. The average molecular weight is 387 g/mol. The number of carbonyl (C=O) groups excluding carboxylic acids is 2. The standard InChI is InChI=1S/C20H25N3O5/c21-12-6-2-5-10-16(19(25)26)22-18(24)17-11-7-13-23(17)20(27)28-14-15-8-3-1-4-9-15/h1,3-4,8-9,16-17H,2,5-7,10-11,13-14H2,(H,22,24)(H,25,26)/t16-,17-/m1/s1. The van der Waals surface area contributed by atoms with E-state index in [1.54, 1.807) is 0 Å². The van der Waals surface area contributed by atoms with Gasteiger partial charge in [-0.1, -0.05) is 30.3 Å². The van der Waals surface area contributed by atoms with Crippen LogP contribution in [0.15, 0.2) is 30.3 Å². The lowest BCUT2D eigenvalue weighted by atomic mass is 10.1. The summed E-state index contributed by atoms with van der Waals surface area (Å²) in [5.74, 6) is -1.61. The fraction of sp³-hybridized carbons (Fsp3) is 0.500. The largest absolute Gasteiger partial charge is 0.480 e. The molecule has 1 aliphatic heterocycles. The Bertz CT molecular complexity index is 716. The van der Waals surface area contributed by atoms with Crippen molar-refractivity contribution in [2.45, 2.75) is 57.2 Å². The number of ether oxygens (including phenoxy) is 1. The highest BCUT2D eigenvalue weighted by atomic mass is 16.6. The van der Waals surface area contributed by atoms with Gasteiger partial charge in [0.25, 0.3) is 0 Å². The number of carboxylic acid groups (broad SMARTS) is 1. The summed E-state index contributed by atoms with van der Waals surface area (Å²) in [7, 11) is 0. The molecular weight excluding hydrogens is 362 g/mol. The van der Waals surface area contributed by atoms with Gasteiger partial charge in [0.1, 0.15) is 18.7 Å². The van der Waals surface area contributed by atoms with Gasteiger partial charge >= 0.3 is 12.1 Å². The second kappa shape index (κ2) is 10.9. The van der Waals surface area contributed by atoms with Crippen LogP contribution >= 0.6 is 0 Å². The third-order valence-corrected chi connectivity index (χ3v) is 4.64. The van der Waals surface area contributed by atoms with Crippen LogP contribution in [0, 0.1) is 11.3 Å². The number of nitriles is 1. The second-order valence-corrected chi connectivity index (χ2v) is 6.69. The van der Waals surface area contributed by atoms with Gasteiger partial charge in [0.2, 0.25) is 5.91 Å². The number of carboxylic acids is 1. The quantitative estimate of drug-likeness (QED) is 0.628. The van der Waals surface area contributed by atoms with Crippen LogP contribution in [0.2, 0.25) is 0 Å². The van der Waals surface area contributed by atoms with E-state index in [1.807, 2.05) is 36.4 Å². The summed E-state index contributed by atoms with van der Waals surface area (Å²) in [5, 5.41) is 20.4. The van der Waals surface area contributed by atoms with E-state index >= 15 is 0 Å². The first-order valence-electron chi connectivity index (χ1n) is 9.40. The van der Waals surface area contributed by atoms with Crippen LogP contribution < -0.4 is 5.32 Å². The van der Waals surface area contributed by atoms with Crippen LogP contribution in [-0.2, 0) is 20.9 Å². The van der Waals surface area contributed by atoms with Crippen molar-refractivity contribution >= 4 is 18.0 Å². The molecule has 2 rings (SSSR count). The van der Waals surface area contributed by atoms with Gasteiger partial charge < -0.3 is 15.2 Å². The van der Waals surface area contributed by atoms with E-state index < -0.39 is 30.1 Å². The molecule has 8 nitrogen and oxygen atoms in total. The van der Waals surface area contributed by atoms with Crippen molar-refractivity contribution in [1.82, 2.24) is 10.2 Å². The zero-order chi connectivity index (χ0) is 20.4. The van der Waals surface area contributed by atoms with Gasteiger partial charge in [0, 0.05) is 13.0 Å². The molecular formula is C20H25N3O5. The number of carbonyl (C=O) groups is 3. The lowest BCUT2D eigenvalue weighted by Gasteiger charge is -2.25. The van der Waals surface area contributed by atoms with E-state index in [0.29, 0.717) is 38.6 Å². The zero-order valence-corrected chi connectivity index (χ0v) is 15.7. The molecule has 2 amide bonds. The number of likely N-dealkylation sites (tertiary alicyclic amines) is 1. The first-order chi connectivity index (χ1) is 13.5. The molecule has 8 heteroatoms. The van der Waals surface area contributed by atoms with Gasteiger partial charge in [0.05, 0.1) is 6.07 Å². The van der Waals surface area contributed by atoms with Crippen molar-refractivity contribution in [2.24, 2.45) is 0 Å². The molecule has 150 valence electrons. The van der Waals surface area contributed by atoms with E-state index in [2.05, 4.69) is 5.32 Å². The number of unbranched alkanes of at least 4 members (excludes halogenated alkanes) is 2. The van der Waals surface area contributed by atoms with Crippen molar-refractivity contribution in [3.63, 3.8) is 0 Å². The molecule has 1 heterocycles. The van der Waals surface area contributed by atoms with Crippen LogP contribution in [-0.4, -0.2) is 46.6 Å². The summed E-state index contributed by atoms with van der Waals surface area (Å²) in [6.45, 7) is 0.507. The lowest BCUT2D eigenvalue weighted by Crippen LogP contribution is -2.50. The van der Waals surface area contributed by atoms with Crippen molar-refractivity contribution in [3.05, 3.63) is 35.9 Å². The Kier molecular flexibility index (Phi) is 8.28. The molecule has 1 aromatic carbocycles. The average Bonchev–Trinajstić information content (AvgIpc) is 3.19. The van der Waals surface area contributed by atoms with Crippen LogP contribution in [0.3, 0.4) is 0 Å². The minimum Gasteiger partial charge on any atom is -0.480 e. The van der Waals surface area contributed by atoms with E-state index in [1.165, 1.54) is 4.90 Å². The molecule has 0 aromatic heterocycles. The van der Waals surface area contributed by atoms with Gasteiger partial charge in [0.15, 0.2) is 0 Å². The number of aliphatic carboxylic acids is 1. The minimum absolute atomic E-state index is 0.112. The molecule has 1 fully saturated rings. The molecule has 2 N–H and O–H groups in total. The smallest absolute Gasteiger partial charge is 0.410 e. The first kappa shape index (κ1) is 21.2. The maximum Gasteiger partial charge on any atom is 0.410 e. The van der Waals surface area contributed by atoms with Gasteiger partial charge in [-0.25, -0.2) is 9.59 Å². The number of amides is 2. The Balaban J connectivity index is 1.88. The third-order valence-electron chi connectivity index (χ3n) is 4.64. The number of nitrogens with zero attached hydrogens (tertiary/aromatic N) is 2. The lowest BCUT2D eigenvalue weighted by molar-refractivity contribution is -0.142. The molecule has 28 heavy (non-hydrogen) atoms. The van der Waals surface area contributed by atoms with Crippen molar-refractivity contribution < 1.29 is 24.2 Å². The Morgan fingerprint density at radius 2 is 2.04 bits per heavy atom. The van der Waals surface area contributed by atoms with E-state index in [4.69, 9.17) is 10.00 Å². The number of rotatable bonds is 9. The van der Waals surface area contributed by atoms with E-state index in [9.17, 15) is 19.5 Å². The summed E-state index contributed by atoms with van der Waals surface area (Å²) in [4.78, 5) is 37.7. The summed E-state index contributed by atoms with van der Waals surface area (Å²) >= 11 is 0. The highest BCUT2D eigenvalue weighted by Crippen LogP contribution is 2.19.